The fraction of sp³-hybridized carbons (Fsp3) is 0.388. The summed E-state index contributed by atoms with van der Waals surface area (Å²) in [5.74, 6) is -0.555. The standard InChI is InChI=1S/C67H80N4O4/c1-40-25-58(32-64(40)66(72)74-38-56-21-17-54(18-22-56)36-70-44(5)29-62(48(9)52(70)13)34-60-27-42(3)68(15)50(11)46(60)7)31-59-26-41(2)65(33-59)67(73)75-39-57-23-19-55(20-24-57)37-71-45(6)30-63(49(10)53(71)14)35-61-28-43(4)69(16)51(12)47(61)8/h17-24,27-30H,25-26,32-39H2,1-16H3/q+4. The number of pyridine rings is 4. The molecule has 0 fully saturated rings. The normalized spacial score (nSPS) is 13.6. The molecule has 0 aliphatic heterocycles. The summed E-state index contributed by atoms with van der Waals surface area (Å²) >= 11 is 0. The van der Waals surface area contributed by atoms with E-state index in [1.165, 1.54) is 101 Å². The van der Waals surface area contributed by atoms with E-state index in [0.29, 0.717) is 36.8 Å². The summed E-state index contributed by atoms with van der Waals surface area (Å²) in [7, 11) is 4.27. The van der Waals surface area contributed by atoms with E-state index in [2.05, 4.69) is 194 Å². The molecule has 0 saturated heterocycles. The highest BCUT2D eigenvalue weighted by Gasteiger charge is 2.28. The van der Waals surface area contributed by atoms with Crippen molar-refractivity contribution in [3.63, 3.8) is 0 Å². The van der Waals surface area contributed by atoms with Gasteiger partial charge in [0.25, 0.3) is 0 Å². The van der Waals surface area contributed by atoms with Crippen molar-refractivity contribution < 1.29 is 37.3 Å². The van der Waals surface area contributed by atoms with Gasteiger partial charge < -0.3 is 9.47 Å². The lowest BCUT2D eigenvalue weighted by Crippen LogP contribution is -2.42. The number of rotatable bonds is 14. The summed E-state index contributed by atoms with van der Waals surface area (Å²) in [5.41, 5.74) is 34.5. The average molecular weight is 1010 g/mol. The fourth-order valence-corrected chi connectivity index (χ4v) is 11.3. The Bertz CT molecular complexity index is 3210. The first-order chi connectivity index (χ1) is 35.6. The number of carbonyl (C=O) groups is 2. The van der Waals surface area contributed by atoms with E-state index in [4.69, 9.17) is 9.47 Å². The van der Waals surface area contributed by atoms with E-state index in [1.54, 1.807) is 0 Å². The van der Waals surface area contributed by atoms with E-state index >= 15 is 0 Å². The SMILES string of the molecule is CC1=C(C(=O)OCc2ccc(C[n+]3c(C)cc(Cc4cc(C)[n+](C)c(C)c4C)c(C)c3C)cc2)CC(=C=C2CC(C)=C(C(=O)OCc3ccc(C[n+]4c(C)cc(Cc5cc(C)[n+](C)c(C)c5C)c(C)c4C)cc3)C2)C1. The van der Waals surface area contributed by atoms with Crippen LogP contribution in [0.3, 0.4) is 0 Å². The van der Waals surface area contributed by atoms with Gasteiger partial charge in [0.05, 0.1) is 0 Å². The van der Waals surface area contributed by atoms with Gasteiger partial charge in [0.15, 0.2) is 58.6 Å². The number of hydrogen-bond acceptors (Lipinski definition) is 4. The molecule has 0 saturated carbocycles. The first kappa shape index (κ1) is 54.2. The number of benzene rings is 2. The number of nitrogens with zero attached hydrogens (tertiary/aromatic N) is 4. The fourth-order valence-electron chi connectivity index (χ4n) is 11.3. The summed E-state index contributed by atoms with van der Waals surface area (Å²) in [4.78, 5) is 26.9. The molecule has 0 spiro atoms. The predicted molar refractivity (Wildman–Crippen MR) is 296 cm³/mol. The van der Waals surface area contributed by atoms with Crippen LogP contribution in [0, 0.1) is 83.1 Å². The third kappa shape index (κ3) is 11.8. The molecule has 8 heteroatoms. The lowest BCUT2D eigenvalue weighted by molar-refractivity contribution is -0.700. The van der Waals surface area contributed by atoms with E-state index in [1.807, 2.05) is 13.8 Å². The lowest BCUT2D eigenvalue weighted by atomic mass is 9.95. The highest BCUT2D eigenvalue weighted by atomic mass is 16.5. The highest BCUT2D eigenvalue weighted by molar-refractivity contribution is 5.91. The van der Waals surface area contributed by atoms with Crippen LogP contribution in [0.1, 0.15) is 152 Å². The number of allylic oxidation sites excluding steroid dienone is 3. The molecule has 0 atom stereocenters. The summed E-state index contributed by atoms with van der Waals surface area (Å²) < 4.78 is 21.1. The van der Waals surface area contributed by atoms with Crippen molar-refractivity contribution in [1.29, 1.82) is 0 Å². The minimum Gasteiger partial charge on any atom is -0.457 e. The molecule has 0 unspecified atom stereocenters. The minimum atomic E-state index is -0.277. The third-order valence-corrected chi connectivity index (χ3v) is 17.2. The van der Waals surface area contributed by atoms with E-state index in [-0.39, 0.29) is 25.2 Å². The van der Waals surface area contributed by atoms with Crippen molar-refractivity contribution in [3.8, 4) is 0 Å². The largest absolute Gasteiger partial charge is 0.457 e. The maximum Gasteiger partial charge on any atom is 0.334 e. The van der Waals surface area contributed by atoms with Crippen molar-refractivity contribution in [2.24, 2.45) is 14.1 Å². The van der Waals surface area contributed by atoms with Crippen molar-refractivity contribution in [3.05, 3.63) is 224 Å². The molecule has 0 amide bonds. The Morgan fingerprint density at radius 3 is 1.08 bits per heavy atom. The van der Waals surface area contributed by atoms with Gasteiger partial charge >= 0.3 is 11.9 Å². The lowest BCUT2D eigenvalue weighted by Gasteiger charge is -2.14. The molecule has 0 N–H and O–H groups in total. The van der Waals surface area contributed by atoms with Crippen LogP contribution in [0.25, 0.3) is 0 Å². The Labute approximate surface area is 447 Å². The number of aromatic nitrogens is 4. The monoisotopic (exact) mass is 1000 g/mol. The van der Waals surface area contributed by atoms with Gasteiger partial charge in [-0.15, -0.1) is 5.73 Å². The summed E-state index contributed by atoms with van der Waals surface area (Å²) in [5, 5.41) is 0. The van der Waals surface area contributed by atoms with Gasteiger partial charge in [-0.25, -0.2) is 18.7 Å². The molecule has 2 aromatic carbocycles. The molecule has 388 valence electrons. The zero-order valence-corrected chi connectivity index (χ0v) is 47.9. The Hall–Kier alpha value is -7.02. The smallest absolute Gasteiger partial charge is 0.334 e. The first-order valence-electron chi connectivity index (χ1n) is 26.8. The molecule has 0 bridgehead atoms. The van der Waals surface area contributed by atoms with E-state index in [0.717, 1.165) is 59.4 Å². The Morgan fingerprint density at radius 2 is 0.733 bits per heavy atom. The predicted octanol–water partition coefficient (Wildman–Crippen LogP) is 11.3. The van der Waals surface area contributed by atoms with Crippen LogP contribution >= 0.6 is 0 Å². The van der Waals surface area contributed by atoms with Crippen LogP contribution in [-0.2, 0) is 72.3 Å². The molecule has 2 aliphatic rings. The van der Waals surface area contributed by atoms with Gasteiger partial charge in [0.2, 0.25) is 0 Å². The maximum atomic E-state index is 13.4. The van der Waals surface area contributed by atoms with Gasteiger partial charge in [-0.2, -0.15) is 9.13 Å². The Morgan fingerprint density at radius 1 is 0.427 bits per heavy atom. The van der Waals surface area contributed by atoms with Crippen molar-refractivity contribution >= 4 is 11.9 Å². The van der Waals surface area contributed by atoms with Gasteiger partial charge in [0.1, 0.15) is 27.3 Å². The van der Waals surface area contributed by atoms with Crippen molar-refractivity contribution in [2.45, 2.75) is 162 Å². The van der Waals surface area contributed by atoms with Crippen LogP contribution < -0.4 is 18.3 Å². The van der Waals surface area contributed by atoms with Crippen molar-refractivity contribution in [2.75, 3.05) is 0 Å². The first-order valence-corrected chi connectivity index (χ1v) is 26.8. The molecule has 75 heavy (non-hydrogen) atoms. The number of ether oxygens (including phenoxy) is 2. The molecular weight excluding hydrogens is 925 g/mol. The average Bonchev–Trinajstić information content (AvgIpc) is 3.95. The quantitative estimate of drug-likeness (QED) is 0.0619. The van der Waals surface area contributed by atoms with E-state index in [9.17, 15) is 9.59 Å². The zero-order valence-electron chi connectivity index (χ0n) is 47.9. The molecule has 0 radical (unpaired) electrons. The second-order valence-corrected chi connectivity index (χ2v) is 22.1. The minimum absolute atomic E-state index is 0.213. The van der Waals surface area contributed by atoms with Gasteiger partial charge in [-0.1, -0.05) is 59.7 Å². The molecule has 8 nitrogen and oxygen atoms in total. The topological polar surface area (TPSA) is 68.1 Å². The van der Waals surface area contributed by atoms with Gasteiger partial charge in [-0.3, -0.25) is 0 Å². The van der Waals surface area contributed by atoms with Crippen LogP contribution in [-0.4, -0.2) is 11.9 Å². The highest BCUT2D eigenvalue weighted by Crippen LogP contribution is 2.36. The van der Waals surface area contributed by atoms with Gasteiger partial charge in [0, 0.05) is 137 Å². The van der Waals surface area contributed by atoms with E-state index < -0.39 is 0 Å². The van der Waals surface area contributed by atoms with Crippen molar-refractivity contribution in [1.82, 2.24) is 0 Å². The number of aryl methyl sites for hydroxylation is 4. The summed E-state index contributed by atoms with van der Waals surface area (Å²) in [6, 6.07) is 26.2. The number of carbonyl (C=O) groups excluding carboxylic acids is 2. The zero-order chi connectivity index (χ0) is 54.2. The Balaban J connectivity index is 0.811. The maximum absolute atomic E-state index is 13.4. The second kappa shape index (κ2) is 22.4. The molecule has 8 rings (SSSR count). The van der Waals surface area contributed by atoms with Crippen LogP contribution in [0.4, 0.5) is 0 Å². The van der Waals surface area contributed by atoms with Crippen LogP contribution in [0.2, 0.25) is 0 Å². The van der Waals surface area contributed by atoms with Crippen LogP contribution in [0.5, 0.6) is 0 Å². The Kier molecular flexibility index (Phi) is 16.2. The second-order valence-electron chi connectivity index (χ2n) is 22.1. The number of hydrogen-bond donors (Lipinski definition) is 0. The van der Waals surface area contributed by atoms with Gasteiger partial charge in [-0.05, 0) is 112 Å². The molecule has 4 aromatic heterocycles. The molecule has 4 heterocycles. The third-order valence-electron chi connectivity index (χ3n) is 17.2. The molecular formula is C67H80N4O4+4. The molecule has 6 aromatic rings. The summed E-state index contributed by atoms with van der Waals surface area (Å²) in [6.45, 7) is 32.5. The van der Waals surface area contributed by atoms with Crippen LogP contribution in [0.15, 0.2) is 112 Å². The number of esters is 2. The summed E-state index contributed by atoms with van der Waals surface area (Å²) in [6.07, 6.45) is 4.20. The molecule has 2 aliphatic carbocycles.